The van der Waals surface area contributed by atoms with Gasteiger partial charge in [-0.1, -0.05) is 63.2 Å². The molecule has 10 nitrogen and oxygen atoms in total. The van der Waals surface area contributed by atoms with E-state index < -0.39 is 28.9 Å². The molecule has 0 radical (unpaired) electrons. The average Bonchev–Trinajstić information content (AvgIpc) is 3.22. The molecule has 1 aromatic heterocycles. The smallest absolute Gasteiger partial charge is 0.411 e. The highest BCUT2D eigenvalue weighted by molar-refractivity contribution is 7.15. The molecule has 0 aliphatic carbocycles. The summed E-state index contributed by atoms with van der Waals surface area (Å²) < 4.78 is 0. The molecule has 0 spiro atoms. The summed E-state index contributed by atoms with van der Waals surface area (Å²) in [6.45, 7) is 12.0. The Bertz CT molecular complexity index is 1390. The number of hydrogen-bond acceptors (Lipinski definition) is 6. The maximum absolute atomic E-state index is 12.5. The first-order chi connectivity index (χ1) is 19.5. The standard InChI is InChI=1S/C31H41N5O5S/c1-20(37)32-26-33-24(25(42-26)19-22-11-9-8-10-12-22)18-15-21-13-16-23(17-14-21)34-31(29(2,3)4,35-27(38)39)36(28(40)41)30(5,6)7/h8-14,16-17,34-35H,15,18-19H2,1-7H3,(H,38,39)(H,40,41)(H,32,33,37). The molecule has 1 heterocycles. The Hall–Kier alpha value is -4.12. The minimum atomic E-state index is -1.68. The fraction of sp³-hybridized carbons (Fsp3) is 0.419. The van der Waals surface area contributed by atoms with E-state index in [4.69, 9.17) is 4.98 Å². The van der Waals surface area contributed by atoms with E-state index in [1.165, 1.54) is 18.3 Å². The molecule has 0 saturated heterocycles. The molecule has 0 saturated carbocycles. The van der Waals surface area contributed by atoms with Crippen molar-refractivity contribution in [3.05, 3.63) is 76.3 Å². The van der Waals surface area contributed by atoms with Crippen molar-refractivity contribution in [3.63, 3.8) is 0 Å². The third-order valence-electron chi connectivity index (χ3n) is 6.77. The molecule has 2 aromatic carbocycles. The van der Waals surface area contributed by atoms with Crippen LogP contribution in [-0.2, 0) is 24.1 Å². The summed E-state index contributed by atoms with van der Waals surface area (Å²) >= 11 is 1.48. The van der Waals surface area contributed by atoms with Crippen LogP contribution in [0.5, 0.6) is 0 Å². The molecule has 3 amide bonds. The Morgan fingerprint density at radius 2 is 1.50 bits per heavy atom. The number of carboxylic acid groups (broad SMARTS) is 2. The van der Waals surface area contributed by atoms with Gasteiger partial charge >= 0.3 is 12.2 Å². The lowest BCUT2D eigenvalue weighted by Gasteiger charge is -2.55. The normalized spacial score (nSPS) is 13.1. The van der Waals surface area contributed by atoms with E-state index in [0.717, 1.165) is 33.0 Å². The van der Waals surface area contributed by atoms with E-state index in [0.29, 0.717) is 23.7 Å². The SMILES string of the molecule is CC(=O)Nc1nc(CCc2ccc(NC(NC(=O)O)(N(C(=O)O)C(C)(C)C)C(C)(C)C)cc2)c(Cc2ccccc2)s1. The molecule has 42 heavy (non-hydrogen) atoms. The third-order valence-corrected chi connectivity index (χ3v) is 7.78. The van der Waals surface area contributed by atoms with Gasteiger partial charge in [0.25, 0.3) is 0 Å². The van der Waals surface area contributed by atoms with Crippen molar-refractivity contribution in [1.82, 2.24) is 15.2 Å². The zero-order chi connectivity index (χ0) is 31.3. The van der Waals surface area contributed by atoms with Gasteiger partial charge in [0.2, 0.25) is 11.7 Å². The summed E-state index contributed by atoms with van der Waals surface area (Å²) in [7, 11) is 0. The Morgan fingerprint density at radius 3 is 2.00 bits per heavy atom. The Balaban J connectivity index is 1.87. The number of hydrogen-bond donors (Lipinski definition) is 5. The number of carbonyl (C=O) groups excluding carboxylic acids is 1. The number of benzene rings is 2. The molecule has 0 aliphatic rings. The van der Waals surface area contributed by atoms with Gasteiger partial charge in [-0.3, -0.25) is 15.0 Å². The second kappa shape index (κ2) is 12.8. The lowest BCUT2D eigenvalue weighted by Crippen LogP contribution is -2.76. The molecular formula is C31H41N5O5S. The summed E-state index contributed by atoms with van der Waals surface area (Å²) in [5.41, 5.74) is 1.85. The van der Waals surface area contributed by atoms with Gasteiger partial charge in [-0.2, -0.15) is 0 Å². The van der Waals surface area contributed by atoms with Crippen molar-refractivity contribution in [1.29, 1.82) is 0 Å². The van der Waals surface area contributed by atoms with E-state index >= 15 is 0 Å². The number of carbonyl (C=O) groups is 3. The second-order valence-electron chi connectivity index (χ2n) is 12.2. The van der Waals surface area contributed by atoms with E-state index in [-0.39, 0.29) is 5.91 Å². The Morgan fingerprint density at radius 1 is 0.881 bits per heavy atom. The predicted octanol–water partition coefficient (Wildman–Crippen LogP) is 6.64. The average molecular weight is 596 g/mol. The number of aryl methyl sites for hydroxylation is 2. The van der Waals surface area contributed by atoms with Crippen LogP contribution in [0.1, 0.15) is 70.2 Å². The first kappa shape index (κ1) is 32.4. The van der Waals surface area contributed by atoms with Gasteiger partial charge in [0.15, 0.2) is 5.13 Å². The maximum Gasteiger partial charge on any atom is 0.411 e. The van der Waals surface area contributed by atoms with Gasteiger partial charge in [0.1, 0.15) is 0 Å². The van der Waals surface area contributed by atoms with Gasteiger partial charge in [-0.15, -0.1) is 11.3 Å². The van der Waals surface area contributed by atoms with Gasteiger partial charge in [-0.05, 0) is 56.9 Å². The topological polar surface area (TPSA) is 144 Å². The van der Waals surface area contributed by atoms with Crippen LogP contribution in [0.25, 0.3) is 0 Å². The fourth-order valence-electron chi connectivity index (χ4n) is 4.87. The summed E-state index contributed by atoms with van der Waals surface area (Å²) in [6.07, 6.45) is -0.544. The Labute approximate surface area is 251 Å². The van der Waals surface area contributed by atoms with Crippen molar-refractivity contribution < 1.29 is 24.6 Å². The first-order valence-electron chi connectivity index (χ1n) is 13.7. The van der Waals surface area contributed by atoms with Crippen LogP contribution in [0.3, 0.4) is 0 Å². The number of amides is 3. The van der Waals surface area contributed by atoms with Crippen molar-refractivity contribution in [2.24, 2.45) is 5.41 Å². The monoisotopic (exact) mass is 595 g/mol. The van der Waals surface area contributed by atoms with Crippen molar-refractivity contribution >= 4 is 40.2 Å². The number of nitrogens with one attached hydrogen (secondary N) is 3. The molecule has 3 aromatic rings. The molecule has 5 N–H and O–H groups in total. The molecule has 226 valence electrons. The molecular weight excluding hydrogens is 554 g/mol. The van der Waals surface area contributed by atoms with E-state index in [1.54, 1.807) is 41.5 Å². The number of anilines is 2. The summed E-state index contributed by atoms with van der Waals surface area (Å²) in [4.78, 5) is 43.0. The molecule has 1 unspecified atom stereocenters. The van der Waals surface area contributed by atoms with Crippen molar-refractivity contribution in [3.8, 4) is 0 Å². The highest BCUT2D eigenvalue weighted by Crippen LogP contribution is 2.39. The van der Waals surface area contributed by atoms with Crippen LogP contribution in [-0.4, -0.2) is 49.5 Å². The number of thiazole rings is 1. The van der Waals surface area contributed by atoms with Crippen LogP contribution in [0.2, 0.25) is 0 Å². The van der Waals surface area contributed by atoms with E-state index in [1.807, 2.05) is 42.5 Å². The predicted molar refractivity (Wildman–Crippen MR) is 166 cm³/mol. The lowest BCUT2D eigenvalue weighted by molar-refractivity contribution is -0.114. The van der Waals surface area contributed by atoms with Gasteiger partial charge < -0.3 is 20.8 Å². The number of rotatable bonds is 10. The quantitative estimate of drug-likeness (QED) is 0.165. The zero-order valence-corrected chi connectivity index (χ0v) is 26.1. The van der Waals surface area contributed by atoms with Crippen LogP contribution in [0.15, 0.2) is 54.6 Å². The highest BCUT2D eigenvalue weighted by atomic mass is 32.1. The van der Waals surface area contributed by atoms with Crippen LogP contribution in [0.4, 0.5) is 20.4 Å². The summed E-state index contributed by atoms with van der Waals surface area (Å²) in [5.74, 6) is -1.85. The van der Waals surface area contributed by atoms with Gasteiger partial charge in [0.05, 0.1) is 5.69 Å². The van der Waals surface area contributed by atoms with Crippen LogP contribution < -0.4 is 16.0 Å². The number of aromatic nitrogens is 1. The van der Waals surface area contributed by atoms with Crippen LogP contribution in [0, 0.1) is 5.41 Å². The van der Waals surface area contributed by atoms with Crippen LogP contribution >= 0.6 is 11.3 Å². The molecule has 0 fully saturated rings. The van der Waals surface area contributed by atoms with E-state index in [9.17, 15) is 24.6 Å². The van der Waals surface area contributed by atoms with E-state index in [2.05, 4.69) is 28.1 Å². The fourth-order valence-corrected chi connectivity index (χ4v) is 5.96. The molecule has 11 heteroatoms. The molecule has 0 aliphatic heterocycles. The maximum atomic E-state index is 12.5. The summed E-state index contributed by atoms with van der Waals surface area (Å²) in [6, 6.07) is 17.6. The Kier molecular flexibility index (Phi) is 9.88. The second-order valence-corrected chi connectivity index (χ2v) is 13.3. The summed E-state index contributed by atoms with van der Waals surface area (Å²) in [5, 5.41) is 29.1. The molecule has 1 atom stereocenters. The third kappa shape index (κ3) is 8.00. The minimum absolute atomic E-state index is 0.165. The molecule has 0 bridgehead atoms. The molecule has 3 rings (SSSR count). The first-order valence-corrected chi connectivity index (χ1v) is 14.5. The zero-order valence-electron chi connectivity index (χ0n) is 25.2. The largest absolute Gasteiger partial charge is 0.465 e. The van der Waals surface area contributed by atoms with Gasteiger partial charge in [0, 0.05) is 34.9 Å². The minimum Gasteiger partial charge on any atom is -0.465 e. The number of nitrogens with zero attached hydrogens (tertiary/aromatic N) is 2. The lowest BCUT2D eigenvalue weighted by atomic mass is 9.82. The van der Waals surface area contributed by atoms with Crippen molar-refractivity contribution in [2.75, 3.05) is 10.6 Å². The van der Waals surface area contributed by atoms with Crippen molar-refractivity contribution in [2.45, 2.75) is 79.1 Å². The highest BCUT2D eigenvalue weighted by Gasteiger charge is 2.54. The van der Waals surface area contributed by atoms with Gasteiger partial charge in [-0.25, -0.2) is 14.6 Å².